The van der Waals surface area contributed by atoms with E-state index >= 15 is 0 Å². The largest absolute Gasteiger partial charge is 0.444 e. The van der Waals surface area contributed by atoms with Gasteiger partial charge in [-0.25, -0.2) is 4.79 Å². The molecule has 0 radical (unpaired) electrons. The van der Waals surface area contributed by atoms with Crippen molar-refractivity contribution in [2.45, 2.75) is 98.4 Å². The van der Waals surface area contributed by atoms with Crippen molar-refractivity contribution in [2.24, 2.45) is 5.73 Å². The highest BCUT2D eigenvalue weighted by Gasteiger charge is 2.36. The first kappa shape index (κ1) is 29.9. The predicted octanol–water partition coefficient (Wildman–Crippen LogP) is 3.27. The van der Waals surface area contributed by atoms with Crippen molar-refractivity contribution in [1.29, 1.82) is 0 Å². The summed E-state index contributed by atoms with van der Waals surface area (Å²) in [5.41, 5.74) is 7.15. The molecule has 9 heteroatoms. The molecule has 2 atom stereocenters. The number of nitrogens with one attached hydrogen (secondary N) is 2. The minimum absolute atomic E-state index is 0.0149. The molecule has 35 heavy (non-hydrogen) atoms. The summed E-state index contributed by atoms with van der Waals surface area (Å²) in [5.74, 6) is -1.40. The highest BCUT2D eigenvalue weighted by atomic mass is 16.6. The number of hydrogen-bond acceptors (Lipinski definition) is 5. The summed E-state index contributed by atoms with van der Waals surface area (Å²) in [4.78, 5) is 52.8. The number of nitrogens with two attached hydrogens (primary N) is 1. The summed E-state index contributed by atoms with van der Waals surface area (Å²) in [6.45, 7) is 14.9. The van der Waals surface area contributed by atoms with Gasteiger partial charge in [0.1, 0.15) is 17.7 Å². The zero-order valence-electron chi connectivity index (χ0n) is 22.4. The van der Waals surface area contributed by atoms with Crippen molar-refractivity contribution in [2.75, 3.05) is 6.54 Å². The van der Waals surface area contributed by atoms with Crippen LogP contribution in [0.4, 0.5) is 4.79 Å². The Bertz CT molecular complexity index is 907. The molecule has 0 aromatic heterocycles. The minimum Gasteiger partial charge on any atom is -0.444 e. The quantitative estimate of drug-likeness (QED) is 0.438. The number of amides is 4. The lowest BCUT2D eigenvalue weighted by molar-refractivity contribution is -0.143. The van der Waals surface area contributed by atoms with Crippen molar-refractivity contribution in [1.82, 2.24) is 15.5 Å². The van der Waals surface area contributed by atoms with Crippen LogP contribution < -0.4 is 16.4 Å². The molecule has 0 saturated carbocycles. The smallest absolute Gasteiger partial charge is 0.408 e. The summed E-state index contributed by atoms with van der Waals surface area (Å²) in [6.07, 6.45) is -0.333. The third-order valence-electron chi connectivity index (χ3n) is 5.35. The second-order valence-corrected chi connectivity index (χ2v) is 10.1. The van der Waals surface area contributed by atoms with E-state index in [1.165, 1.54) is 4.90 Å². The first-order valence-electron chi connectivity index (χ1n) is 12.1. The van der Waals surface area contributed by atoms with Gasteiger partial charge in [0.15, 0.2) is 0 Å². The number of hydrogen-bond donors (Lipinski definition) is 3. The molecule has 1 aromatic rings. The molecule has 0 aliphatic carbocycles. The highest BCUT2D eigenvalue weighted by Crippen LogP contribution is 2.28. The van der Waals surface area contributed by atoms with Crippen LogP contribution in [0.5, 0.6) is 0 Å². The fourth-order valence-electron chi connectivity index (χ4n) is 3.69. The van der Waals surface area contributed by atoms with Crippen molar-refractivity contribution in [3.8, 4) is 0 Å². The van der Waals surface area contributed by atoms with E-state index in [0.29, 0.717) is 12.0 Å². The van der Waals surface area contributed by atoms with E-state index in [0.717, 1.165) is 11.1 Å². The van der Waals surface area contributed by atoms with Gasteiger partial charge in [-0.3, -0.25) is 14.4 Å². The molecular formula is C26H42N4O5. The topological polar surface area (TPSA) is 131 Å². The molecule has 0 heterocycles. The minimum atomic E-state index is -1.09. The van der Waals surface area contributed by atoms with Gasteiger partial charge in [0.05, 0.1) is 0 Å². The third kappa shape index (κ3) is 9.58. The van der Waals surface area contributed by atoms with Crippen molar-refractivity contribution >= 4 is 23.8 Å². The number of alkyl carbamates (subject to hydrolysis) is 1. The van der Waals surface area contributed by atoms with Gasteiger partial charge in [0.2, 0.25) is 17.7 Å². The zero-order valence-corrected chi connectivity index (χ0v) is 22.4. The monoisotopic (exact) mass is 490 g/mol. The second kappa shape index (κ2) is 13.1. The Morgan fingerprint density at radius 1 is 1.09 bits per heavy atom. The number of ether oxygens (including phenoxy) is 1. The molecule has 2 unspecified atom stereocenters. The summed E-state index contributed by atoms with van der Waals surface area (Å²) in [6, 6.07) is 3.49. The van der Waals surface area contributed by atoms with Crippen molar-refractivity contribution in [3.63, 3.8) is 0 Å². The molecule has 4 amide bonds. The lowest BCUT2D eigenvalue weighted by Crippen LogP contribution is -2.54. The van der Waals surface area contributed by atoms with Gasteiger partial charge in [-0.2, -0.15) is 0 Å². The molecule has 196 valence electrons. The first-order chi connectivity index (χ1) is 16.2. The number of carbonyl (C=O) groups is 4. The standard InChI is InChI=1S/C26H42N4O5/c1-9-15-30(22(23(32)28-16(2)3)19-12-10-11-17(4)18(19)5)24(33)20(13-14-21(27)31)29-25(34)35-26(6,7)8/h10-12,16,20,22H,9,13-15H2,1-8H3,(H2,27,31)(H,28,32)(H,29,34). The molecule has 0 aliphatic heterocycles. The zero-order chi connectivity index (χ0) is 26.9. The number of nitrogens with zero attached hydrogens (tertiary/aromatic N) is 1. The molecule has 1 rings (SSSR count). The summed E-state index contributed by atoms with van der Waals surface area (Å²) < 4.78 is 5.33. The Hall–Kier alpha value is -3.10. The molecule has 0 aliphatic rings. The van der Waals surface area contributed by atoms with Crippen LogP contribution in [0.2, 0.25) is 0 Å². The van der Waals surface area contributed by atoms with Gasteiger partial charge in [0.25, 0.3) is 0 Å². The number of aryl methyl sites for hydroxylation is 1. The maximum absolute atomic E-state index is 13.9. The van der Waals surface area contributed by atoms with Gasteiger partial charge in [-0.15, -0.1) is 0 Å². The number of rotatable bonds is 11. The Morgan fingerprint density at radius 2 is 1.71 bits per heavy atom. The van der Waals surface area contributed by atoms with E-state index in [2.05, 4.69) is 10.6 Å². The Labute approximate surface area is 209 Å². The fourth-order valence-corrected chi connectivity index (χ4v) is 3.69. The van der Waals surface area contributed by atoms with Gasteiger partial charge < -0.3 is 26.0 Å². The average Bonchev–Trinajstić information content (AvgIpc) is 2.71. The molecule has 1 aromatic carbocycles. The number of carbonyl (C=O) groups excluding carboxylic acids is 4. The summed E-state index contributed by atoms with van der Waals surface area (Å²) >= 11 is 0. The van der Waals surface area contributed by atoms with E-state index < -0.39 is 35.6 Å². The van der Waals surface area contributed by atoms with Crippen LogP contribution in [0.3, 0.4) is 0 Å². The Kier molecular flexibility index (Phi) is 11.2. The molecule has 0 bridgehead atoms. The SMILES string of the molecule is CCCN(C(=O)C(CCC(N)=O)NC(=O)OC(C)(C)C)C(C(=O)NC(C)C)c1cccc(C)c1C. The van der Waals surface area contributed by atoms with Crippen molar-refractivity contribution in [3.05, 3.63) is 34.9 Å². The predicted molar refractivity (Wildman–Crippen MR) is 136 cm³/mol. The fraction of sp³-hybridized carbons (Fsp3) is 0.615. The molecule has 0 spiro atoms. The lowest BCUT2D eigenvalue weighted by Gasteiger charge is -2.35. The van der Waals surface area contributed by atoms with Crippen LogP contribution in [-0.4, -0.2) is 52.9 Å². The normalized spacial score (nSPS) is 13.1. The maximum Gasteiger partial charge on any atom is 0.408 e. The Balaban J connectivity index is 3.51. The van der Waals surface area contributed by atoms with E-state index in [-0.39, 0.29) is 31.3 Å². The van der Waals surface area contributed by atoms with Crippen LogP contribution in [0.1, 0.15) is 83.5 Å². The van der Waals surface area contributed by atoms with E-state index in [1.54, 1.807) is 20.8 Å². The van der Waals surface area contributed by atoms with Gasteiger partial charge in [-0.1, -0.05) is 25.1 Å². The number of benzene rings is 1. The molecule has 9 nitrogen and oxygen atoms in total. The third-order valence-corrected chi connectivity index (χ3v) is 5.35. The van der Waals surface area contributed by atoms with Crippen LogP contribution in [0.15, 0.2) is 18.2 Å². The summed E-state index contributed by atoms with van der Waals surface area (Å²) in [7, 11) is 0. The van der Waals surface area contributed by atoms with Gasteiger partial charge in [0, 0.05) is 19.0 Å². The van der Waals surface area contributed by atoms with Gasteiger partial charge >= 0.3 is 6.09 Å². The molecular weight excluding hydrogens is 448 g/mol. The lowest BCUT2D eigenvalue weighted by atomic mass is 9.94. The van der Waals surface area contributed by atoms with Crippen LogP contribution in [0.25, 0.3) is 0 Å². The highest BCUT2D eigenvalue weighted by molar-refractivity contribution is 5.92. The van der Waals surface area contributed by atoms with Crippen LogP contribution in [0, 0.1) is 13.8 Å². The second-order valence-electron chi connectivity index (χ2n) is 10.1. The molecule has 0 fully saturated rings. The van der Waals surface area contributed by atoms with Gasteiger partial charge in [-0.05, 0) is 78.0 Å². The number of primary amides is 1. The van der Waals surface area contributed by atoms with Crippen LogP contribution >= 0.6 is 0 Å². The molecule has 4 N–H and O–H groups in total. The first-order valence-corrected chi connectivity index (χ1v) is 12.1. The van der Waals surface area contributed by atoms with Crippen molar-refractivity contribution < 1.29 is 23.9 Å². The van der Waals surface area contributed by atoms with E-state index in [1.807, 2.05) is 52.8 Å². The summed E-state index contributed by atoms with van der Waals surface area (Å²) in [5, 5.41) is 5.51. The maximum atomic E-state index is 13.9. The average molecular weight is 491 g/mol. The van der Waals surface area contributed by atoms with E-state index in [9.17, 15) is 19.2 Å². The Morgan fingerprint density at radius 3 is 2.23 bits per heavy atom. The van der Waals surface area contributed by atoms with E-state index in [4.69, 9.17) is 10.5 Å². The molecule has 0 saturated heterocycles. The van der Waals surface area contributed by atoms with Crippen LogP contribution in [-0.2, 0) is 19.1 Å².